The number of rotatable bonds is 11. The third-order valence-corrected chi connectivity index (χ3v) is 12.8. The SMILES string of the molecule is Cc1ccc(S(=O)(=O)NCCNC(=O)c2cc3ccc(-c4cccc(C(=O)O)c4P(=O)(c4ccccc4)c4ccccc4)cc3oc2=O)cc1. The van der Waals surface area contributed by atoms with E-state index in [2.05, 4.69) is 10.0 Å². The van der Waals surface area contributed by atoms with Gasteiger partial charge in [-0.05, 0) is 48.4 Å². The topological polar surface area (TPSA) is 160 Å². The van der Waals surface area contributed by atoms with Gasteiger partial charge >= 0.3 is 11.6 Å². The molecular weight excluding hydrogens is 675 g/mol. The molecule has 0 saturated heterocycles. The molecule has 0 spiro atoms. The number of fused-ring (bicyclic) bond motifs is 1. The molecule has 1 heterocycles. The van der Waals surface area contributed by atoms with E-state index in [0.29, 0.717) is 27.1 Å². The smallest absolute Gasteiger partial charge is 0.349 e. The van der Waals surface area contributed by atoms with Crippen LogP contribution in [0, 0.1) is 6.92 Å². The lowest BCUT2D eigenvalue weighted by molar-refractivity contribution is 0.0698. The highest BCUT2D eigenvalue weighted by Gasteiger charge is 2.36. The van der Waals surface area contributed by atoms with Crippen molar-refractivity contribution < 1.29 is 32.1 Å². The number of aryl methyl sites for hydroxylation is 1. The van der Waals surface area contributed by atoms with E-state index in [4.69, 9.17) is 4.42 Å². The molecule has 6 aromatic rings. The molecule has 1 aromatic heterocycles. The molecule has 0 bridgehead atoms. The average molecular weight is 707 g/mol. The van der Waals surface area contributed by atoms with Crippen LogP contribution in [0.1, 0.15) is 26.3 Å². The predicted molar refractivity (Wildman–Crippen MR) is 193 cm³/mol. The van der Waals surface area contributed by atoms with E-state index in [1.807, 2.05) is 6.92 Å². The van der Waals surface area contributed by atoms with Crippen molar-refractivity contribution in [1.29, 1.82) is 0 Å². The van der Waals surface area contributed by atoms with Gasteiger partial charge in [0.1, 0.15) is 11.1 Å². The third-order valence-electron chi connectivity index (χ3n) is 8.15. The predicted octanol–water partition coefficient (Wildman–Crippen LogP) is 4.81. The minimum Gasteiger partial charge on any atom is -0.478 e. The number of hydrogen-bond acceptors (Lipinski definition) is 7. The number of nitrogens with one attached hydrogen (secondary N) is 2. The number of amides is 1. The molecule has 0 aliphatic heterocycles. The second-order valence-electron chi connectivity index (χ2n) is 11.5. The van der Waals surface area contributed by atoms with Crippen LogP contribution in [0.4, 0.5) is 0 Å². The maximum absolute atomic E-state index is 15.4. The van der Waals surface area contributed by atoms with Crippen LogP contribution in [-0.2, 0) is 14.6 Å². The van der Waals surface area contributed by atoms with Gasteiger partial charge in [-0.15, -0.1) is 0 Å². The number of carbonyl (C=O) groups is 2. The fourth-order valence-corrected chi connectivity index (χ4v) is 9.75. The van der Waals surface area contributed by atoms with Gasteiger partial charge in [0, 0.05) is 34.4 Å². The molecule has 0 atom stereocenters. The lowest BCUT2D eigenvalue weighted by Gasteiger charge is -2.24. The minimum atomic E-state index is -3.79. The van der Waals surface area contributed by atoms with Crippen LogP contribution in [0.3, 0.4) is 0 Å². The molecule has 6 rings (SSSR count). The summed E-state index contributed by atoms with van der Waals surface area (Å²) in [6.07, 6.45) is 0. The normalized spacial score (nSPS) is 11.7. The summed E-state index contributed by atoms with van der Waals surface area (Å²) in [6, 6.07) is 34.6. The molecule has 3 N–H and O–H groups in total. The van der Waals surface area contributed by atoms with E-state index in [0.717, 1.165) is 5.56 Å². The first-order chi connectivity index (χ1) is 24.0. The summed E-state index contributed by atoms with van der Waals surface area (Å²) >= 11 is 0. The van der Waals surface area contributed by atoms with Crippen molar-refractivity contribution in [2.45, 2.75) is 11.8 Å². The molecule has 0 fully saturated rings. The highest BCUT2D eigenvalue weighted by molar-refractivity contribution is 7.89. The largest absolute Gasteiger partial charge is 0.478 e. The Morgan fingerprint density at radius 2 is 1.40 bits per heavy atom. The van der Waals surface area contributed by atoms with Gasteiger partial charge in [0.15, 0.2) is 7.14 Å². The molecule has 0 aliphatic rings. The van der Waals surface area contributed by atoms with Crippen molar-refractivity contribution in [3.63, 3.8) is 0 Å². The van der Waals surface area contributed by atoms with E-state index in [-0.39, 0.29) is 40.0 Å². The lowest BCUT2D eigenvalue weighted by Crippen LogP contribution is -2.36. The van der Waals surface area contributed by atoms with E-state index < -0.39 is 34.7 Å². The summed E-state index contributed by atoms with van der Waals surface area (Å²) in [5.74, 6) is -2.00. The van der Waals surface area contributed by atoms with Gasteiger partial charge < -0.3 is 19.4 Å². The summed E-state index contributed by atoms with van der Waals surface area (Å²) < 4.78 is 48.4. The van der Waals surface area contributed by atoms with Crippen LogP contribution < -0.4 is 31.6 Å². The molecule has 1 amide bonds. The molecular formula is C38H31N2O8PS. The molecule has 0 saturated carbocycles. The maximum atomic E-state index is 15.4. The fourth-order valence-electron chi connectivity index (χ4n) is 5.67. The Bertz CT molecular complexity index is 2400. The number of benzene rings is 5. The Labute approximate surface area is 287 Å². The first-order valence-electron chi connectivity index (χ1n) is 15.5. The Balaban J connectivity index is 1.32. The van der Waals surface area contributed by atoms with Crippen LogP contribution in [0.2, 0.25) is 0 Å². The standard InChI is InChI=1S/C38H31N2O8PS/c1-25-15-19-30(20-16-25)50(46,47)40-22-21-39-36(41)33-23-27-18-17-26(24-34(27)48-38(33)44)31-13-8-14-32(37(42)43)35(31)49(45,28-9-4-2-5-10-28)29-11-6-3-7-12-29/h2-20,23-24,40H,21-22H2,1H3,(H,39,41)(H,42,43). The fraction of sp³-hybridized carbons (Fsp3) is 0.0789. The molecule has 0 aliphatic carbocycles. The number of carboxylic acids is 1. The van der Waals surface area contributed by atoms with Crippen LogP contribution in [-0.4, -0.2) is 38.5 Å². The Morgan fingerprint density at radius 3 is 2.02 bits per heavy atom. The quantitative estimate of drug-likeness (QED) is 0.0983. The van der Waals surface area contributed by atoms with Gasteiger partial charge in [0.25, 0.3) is 5.91 Å². The van der Waals surface area contributed by atoms with Gasteiger partial charge in [-0.1, -0.05) is 103 Å². The van der Waals surface area contributed by atoms with Crippen LogP contribution in [0.15, 0.2) is 142 Å². The summed E-state index contributed by atoms with van der Waals surface area (Å²) in [6.45, 7) is 1.64. The number of sulfonamides is 1. The Hall–Kier alpha value is -5.61. The third kappa shape index (κ3) is 6.79. The lowest BCUT2D eigenvalue weighted by atomic mass is 10.0. The van der Waals surface area contributed by atoms with Crippen molar-refractivity contribution in [3.05, 3.63) is 155 Å². The summed E-state index contributed by atoms with van der Waals surface area (Å²) in [5.41, 5.74) is 0.521. The number of hydrogen-bond donors (Lipinski definition) is 3. The second kappa shape index (κ2) is 14.1. The number of aromatic carboxylic acids is 1. The van der Waals surface area contributed by atoms with Gasteiger partial charge in [0.2, 0.25) is 10.0 Å². The van der Waals surface area contributed by atoms with Crippen LogP contribution in [0.5, 0.6) is 0 Å². The average Bonchev–Trinajstić information content (AvgIpc) is 3.13. The number of carbonyl (C=O) groups excluding carboxylic acids is 1. The van der Waals surface area contributed by atoms with Crippen molar-refractivity contribution in [3.8, 4) is 11.1 Å². The Morgan fingerprint density at radius 1 is 0.760 bits per heavy atom. The molecule has 12 heteroatoms. The van der Waals surface area contributed by atoms with Crippen molar-refractivity contribution in [1.82, 2.24) is 10.0 Å². The van der Waals surface area contributed by atoms with Crippen LogP contribution in [0.25, 0.3) is 22.1 Å². The first-order valence-corrected chi connectivity index (χ1v) is 18.7. The first kappa shape index (κ1) is 34.3. The highest BCUT2D eigenvalue weighted by atomic mass is 32.2. The molecule has 5 aromatic carbocycles. The van der Waals surface area contributed by atoms with Crippen molar-refractivity contribution >= 4 is 55.9 Å². The van der Waals surface area contributed by atoms with Gasteiger partial charge in [-0.2, -0.15) is 0 Å². The molecule has 252 valence electrons. The van der Waals surface area contributed by atoms with E-state index >= 15 is 4.57 Å². The van der Waals surface area contributed by atoms with E-state index in [9.17, 15) is 27.9 Å². The van der Waals surface area contributed by atoms with E-state index in [1.54, 1.807) is 103 Å². The van der Waals surface area contributed by atoms with E-state index in [1.165, 1.54) is 24.3 Å². The molecule has 10 nitrogen and oxygen atoms in total. The van der Waals surface area contributed by atoms with Crippen molar-refractivity contribution in [2.24, 2.45) is 0 Å². The molecule has 0 radical (unpaired) electrons. The maximum Gasteiger partial charge on any atom is 0.349 e. The molecule has 0 unspecified atom stereocenters. The summed E-state index contributed by atoms with van der Waals surface area (Å²) in [4.78, 5) is 38.7. The summed E-state index contributed by atoms with van der Waals surface area (Å²) in [7, 11) is -7.56. The van der Waals surface area contributed by atoms with Crippen molar-refractivity contribution in [2.75, 3.05) is 13.1 Å². The minimum absolute atomic E-state index is 0.0913. The van der Waals surface area contributed by atoms with Crippen LogP contribution >= 0.6 is 7.14 Å². The summed E-state index contributed by atoms with van der Waals surface area (Å²) in [5, 5.41) is 14.3. The Kier molecular flexibility index (Phi) is 9.65. The molecule has 50 heavy (non-hydrogen) atoms. The monoisotopic (exact) mass is 706 g/mol. The zero-order chi connectivity index (χ0) is 35.5. The second-order valence-corrected chi connectivity index (χ2v) is 15.9. The number of carboxylic acid groups (broad SMARTS) is 1. The van der Waals surface area contributed by atoms with Gasteiger partial charge in [0.05, 0.1) is 10.5 Å². The highest BCUT2D eigenvalue weighted by Crippen LogP contribution is 2.46. The zero-order valence-electron chi connectivity index (χ0n) is 26.7. The zero-order valence-corrected chi connectivity index (χ0v) is 28.4. The van der Waals surface area contributed by atoms with Gasteiger partial charge in [-0.3, -0.25) is 4.79 Å². The van der Waals surface area contributed by atoms with Gasteiger partial charge in [-0.25, -0.2) is 22.7 Å².